The number of carbonyl (C=O) groups excluding carboxylic acids is 1. The Morgan fingerprint density at radius 3 is 2.30 bits per heavy atom. The topological polar surface area (TPSA) is 41.6 Å². The van der Waals surface area contributed by atoms with Gasteiger partial charge < -0.3 is 9.64 Å². The van der Waals surface area contributed by atoms with Crippen molar-refractivity contribution in [1.82, 2.24) is 10.2 Å². The Bertz CT molecular complexity index is 332. The molecular formula is C13H23F3N2O2. The van der Waals surface area contributed by atoms with Gasteiger partial charge in [-0.1, -0.05) is 0 Å². The van der Waals surface area contributed by atoms with Crippen molar-refractivity contribution in [3.63, 3.8) is 0 Å². The van der Waals surface area contributed by atoms with Crippen LogP contribution in [-0.4, -0.2) is 55.9 Å². The van der Waals surface area contributed by atoms with Crippen LogP contribution in [0.3, 0.4) is 0 Å². The average molecular weight is 296 g/mol. The van der Waals surface area contributed by atoms with Gasteiger partial charge in [-0.25, -0.2) is 0 Å². The number of hydrogen-bond acceptors (Lipinski definition) is 4. The van der Waals surface area contributed by atoms with E-state index in [9.17, 15) is 18.0 Å². The van der Waals surface area contributed by atoms with Gasteiger partial charge in [-0.15, -0.1) is 0 Å². The fourth-order valence-corrected chi connectivity index (χ4v) is 1.98. The van der Waals surface area contributed by atoms with Crippen molar-refractivity contribution in [2.45, 2.75) is 50.4 Å². The van der Waals surface area contributed by atoms with Crippen LogP contribution in [0.15, 0.2) is 0 Å². The molecule has 1 unspecified atom stereocenters. The monoisotopic (exact) mass is 296 g/mol. The SMILES string of the molecule is COC(=O)C(C)(CCN(C)CCC(F)(F)F)NC1CC1. The number of ether oxygens (including phenoxy) is 1. The summed E-state index contributed by atoms with van der Waals surface area (Å²) < 4.78 is 41.2. The number of alkyl halides is 3. The first-order chi connectivity index (χ1) is 9.16. The third-order valence-corrected chi connectivity index (χ3v) is 3.51. The van der Waals surface area contributed by atoms with Gasteiger partial charge in [0.05, 0.1) is 13.5 Å². The van der Waals surface area contributed by atoms with E-state index < -0.39 is 18.1 Å². The molecule has 1 fully saturated rings. The molecule has 0 spiro atoms. The summed E-state index contributed by atoms with van der Waals surface area (Å²) in [4.78, 5) is 13.4. The van der Waals surface area contributed by atoms with Crippen molar-refractivity contribution < 1.29 is 22.7 Å². The molecule has 0 bridgehead atoms. The van der Waals surface area contributed by atoms with Gasteiger partial charge in [-0.05, 0) is 33.2 Å². The largest absolute Gasteiger partial charge is 0.468 e. The fraction of sp³-hybridized carbons (Fsp3) is 0.923. The highest BCUT2D eigenvalue weighted by Gasteiger charge is 2.39. The Balaban J connectivity index is 2.42. The summed E-state index contributed by atoms with van der Waals surface area (Å²) in [6.45, 7) is 2.08. The Morgan fingerprint density at radius 2 is 1.85 bits per heavy atom. The number of nitrogens with one attached hydrogen (secondary N) is 1. The van der Waals surface area contributed by atoms with E-state index in [1.807, 2.05) is 0 Å². The lowest BCUT2D eigenvalue weighted by atomic mass is 9.97. The van der Waals surface area contributed by atoms with Crippen LogP contribution in [0.25, 0.3) is 0 Å². The molecular weight excluding hydrogens is 273 g/mol. The number of hydrogen-bond donors (Lipinski definition) is 1. The smallest absolute Gasteiger partial charge is 0.390 e. The number of esters is 1. The van der Waals surface area contributed by atoms with Crippen LogP contribution in [0.2, 0.25) is 0 Å². The molecule has 1 atom stereocenters. The van der Waals surface area contributed by atoms with E-state index in [1.54, 1.807) is 18.9 Å². The highest BCUT2D eigenvalue weighted by Crippen LogP contribution is 2.25. The van der Waals surface area contributed by atoms with Gasteiger partial charge in [0.2, 0.25) is 0 Å². The summed E-state index contributed by atoms with van der Waals surface area (Å²) in [5.74, 6) is -0.367. The normalized spacial score (nSPS) is 18.9. The maximum atomic E-state index is 12.1. The van der Waals surface area contributed by atoms with Crippen molar-refractivity contribution in [1.29, 1.82) is 0 Å². The Kier molecular flexibility index (Phi) is 5.82. The minimum Gasteiger partial charge on any atom is -0.468 e. The van der Waals surface area contributed by atoms with E-state index in [0.717, 1.165) is 12.8 Å². The van der Waals surface area contributed by atoms with Crippen LogP contribution in [0, 0.1) is 0 Å². The van der Waals surface area contributed by atoms with Crippen molar-refractivity contribution in [3.05, 3.63) is 0 Å². The molecule has 20 heavy (non-hydrogen) atoms. The molecule has 1 saturated carbocycles. The number of halogens is 3. The standard InChI is InChI=1S/C13H23F3N2O2/c1-12(11(19)20-3,17-10-4-5-10)6-8-18(2)9-7-13(14,15)16/h10,17H,4-9H2,1-3H3. The average Bonchev–Trinajstić information content (AvgIpc) is 3.15. The van der Waals surface area contributed by atoms with Gasteiger partial charge in [0.15, 0.2) is 0 Å². The molecule has 0 aromatic rings. The molecule has 0 aromatic carbocycles. The molecule has 4 nitrogen and oxygen atoms in total. The van der Waals surface area contributed by atoms with Crippen molar-refractivity contribution in [3.8, 4) is 0 Å². The first-order valence-corrected chi connectivity index (χ1v) is 6.78. The lowest BCUT2D eigenvalue weighted by Crippen LogP contribution is -2.52. The third-order valence-electron chi connectivity index (χ3n) is 3.51. The van der Waals surface area contributed by atoms with Crippen LogP contribution in [0.1, 0.15) is 32.6 Å². The van der Waals surface area contributed by atoms with E-state index >= 15 is 0 Å². The number of nitrogens with zero attached hydrogens (tertiary/aromatic N) is 1. The minimum atomic E-state index is -4.15. The highest BCUT2D eigenvalue weighted by molar-refractivity contribution is 5.80. The van der Waals surface area contributed by atoms with Gasteiger partial charge in [0.1, 0.15) is 5.54 Å². The second-order valence-corrected chi connectivity index (χ2v) is 5.66. The molecule has 0 amide bonds. The van der Waals surface area contributed by atoms with E-state index in [-0.39, 0.29) is 12.5 Å². The van der Waals surface area contributed by atoms with Gasteiger partial charge in [0.25, 0.3) is 0 Å². The Morgan fingerprint density at radius 1 is 1.30 bits per heavy atom. The third kappa shape index (κ3) is 6.09. The summed E-state index contributed by atoms with van der Waals surface area (Å²) >= 11 is 0. The Labute approximate surface area is 117 Å². The molecule has 0 radical (unpaired) electrons. The molecule has 1 aliphatic carbocycles. The quantitative estimate of drug-likeness (QED) is 0.695. The maximum absolute atomic E-state index is 12.1. The lowest BCUT2D eigenvalue weighted by molar-refractivity contribution is -0.149. The second kappa shape index (κ2) is 6.76. The van der Waals surface area contributed by atoms with Gasteiger partial charge >= 0.3 is 12.1 Å². The van der Waals surface area contributed by atoms with Crippen LogP contribution >= 0.6 is 0 Å². The minimum absolute atomic E-state index is 0.0653. The van der Waals surface area contributed by atoms with Crippen LogP contribution in [-0.2, 0) is 9.53 Å². The summed E-state index contributed by atoms with van der Waals surface area (Å²) in [7, 11) is 2.95. The van der Waals surface area contributed by atoms with E-state index in [4.69, 9.17) is 4.74 Å². The van der Waals surface area contributed by atoms with E-state index in [2.05, 4.69) is 5.32 Å². The zero-order valence-corrected chi connectivity index (χ0v) is 12.2. The second-order valence-electron chi connectivity index (χ2n) is 5.66. The van der Waals surface area contributed by atoms with Gasteiger partial charge in [-0.3, -0.25) is 10.1 Å². The molecule has 0 aromatic heterocycles. The molecule has 0 aliphatic heterocycles. The zero-order valence-electron chi connectivity index (χ0n) is 12.2. The first kappa shape index (κ1) is 17.2. The predicted molar refractivity (Wildman–Crippen MR) is 69.4 cm³/mol. The number of rotatable bonds is 8. The molecule has 118 valence electrons. The van der Waals surface area contributed by atoms with E-state index in [1.165, 1.54) is 7.11 Å². The molecule has 1 N–H and O–H groups in total. The molecule has 0 heterocycles. The lowest BCUT2D eigenvalue weighted by Gasteiger charge is -2.30. The van der Waals surface area contributed by atoms with Crippen molar-refractivity contribution >= 4 is 5.97 Å². The molecule has 7 heteroatoms. The predicted octanol–water partition coefficient (Wildman–Crippen LogP) is 1.94. The van der Waals surface area contributed by atoms with Crippen molar-refractivity contribution in [2.24, 2.45) is 0 Å². The summed E-state index contributed by atoms with van der Waals surface area (Å²) in [6, 6.07) is 0.319. The zero-order chi connectivity index (χ0) is 15.4. The molecule has 1 aliphatic rings. The number of methoxy groups -OCH3 is 1. The highest BCUT2D eigenvalue weighted by atomic mass is 19.4. The van der Waals surface area contributed by atoms with Crippen LogP contribution in [0.5, 0.6) is 0 Å². The van der Waals surface area contributed by atoms with E-state index in [0.29, 0.717) is 19.0 Å². The Hall–Kier alpha value is -0.820. The molecule has 1 rings (SSSR count). The van der Waals surface area contributed by atoms with Gasteiger partial charge in [0, 0.05) is 19.1 Å². The number of carbonyl (C=O) groups is 1. The summed E-state index contributed by atoms with van der Waals surface area (Å²) in [6.07, 6.45) is -2.52. The van der Waals surface area contributed by atoms with Crippen LogP contribution in [0.4, 0.5) is 13.2 Å². The molecule has 0 saturated heterocycles. The van der Waals surface area contributed by atoms with Gasteiger partial charge in [-0.2, -0.15) is 13.2 Å². The van der Waals surface area contributed by atoms with Crippen molar-refractivity contribution in [2.75, 3.05) is 27.2 Å². The summed E-state index contributed by atoms with van der Waals surface area (Å²) in [5, 5.41) is 3.22. The maximum Gasteiger partial charge on any atom is 0.390 e. The fourth-order valence-electron chi connectivity index (χ4n) is 1.98. The first-order valence-electron chi connectivity index (χ1n) is 6.78. The van der Waals surface area contributed by atoms with Crippen LogP contribution < -0.4 is 5.32 Å². The summed E-state index contributed by atoms with van der Waals surface area (Å²) in [5.41, 5.74) is -0.831.